The molecule has 1 aliphatic rings. The van der Waals surface area contributed by atoms with Crippen molar-refractivity contribution in [3.8, 4) is 6.07 Å². The van der Waals surface area contributed by atoms with Crippen molar-refractivity contribution in [1.29, 1.82) is 5.26 Å². The third kappa shape index (κ3) is 2.82. The molecular weight excluding hydrogens is 283 g/mol. The average molecular weight is 298 g/mol. The van der Waals surface area contributed by atoms with Gasteiger partial charge in [0.25, 0.3) is 0 Å². The van der Waals surface area contributed by atoms with Gasteiger partial charge < -0.3 is 4.74 Å². The molecule has 0 aromatic heterocycles. The second-order valence-electron chi connectivity index (χ2n) is 4.83. The Morgan fingerprint density at radius 3 is 2.50 bits per heavy atom. The number of nitriles is 1. The van der Waals surface area contributed by atoms with E-state index in [1.807, 2.05) is 0 Å². The van der Waals surface area contributed by atoms with E-state index in [4.69, 9.17) is 10.00 Å². The number of benzene rings is 1. The van der Waals surface area contributed by atoms with Crippen LogP contribution in [0, 0.1) is 17.1 Å². The lowest BCUT2D eigenvalue weighted by Gasteiger charge is -2.34. The normalized spacial score (nSPS) is 24.3. The van der Waals surface area contributed by atoms with Crippen LogP contribution in [0.4, 0.5) is 4.39 Å². The van der Waals surface area contributed by atoms with Crippen molar-refractivity contribution in [2.24, 2.45) is 0 Å². The standard InChI is InChI=1S/C13H15FN2O3S/c1-9-7-16(8-10(2)19-9)20(17,18)12-3-4-13(14)11(5-12)6-15/h3-5,9-10H,7-8H2,1-2H3/t9-,10+. The number of morpholine rings is 1. The summed E-state index contributed by atoms with van der Waals surface area (Å²) in [4.78, 5) is -0.0725. The minimum absolute atomic E-state index is 0.0725. The molecule has 0 bridgehead atoms. The maximum Gasteiger partial charge on any atom is 0.243 e. The summed E-state index contributed by atoms with van der Waals surface area (Å²) in [5.74, 6) is -0.727. The minimum Gasteiger partial charge on any atom is -0.373 e. The monoisotopic (exact) mass is 298 g/mol. The fourth-order valence-electron chi connectivity index (χ4n) is 2.23. The summed E-state index contributed by atoms with van der Waals surface area (Å²) in [5, 5.41) is 8.78. The van der Waals surface area contributed by atoms with Gasteiger partial charge in [-0.05, 0) is 32.0 Å². The van der Waals surface area contributed by atoms with Gasteiger partial charge in [-0.1, -0.05) is 0 Å². The van der Waals surface area contributed by atoms with Gasteiger partial charge in [0.1, 0.15) is 11.9 Å². The van der Waals surface area contributed by atoms with Crippen molar-refractivity contribution in [2.45, 2.75) is 31.0 Å². The Labute approximate surface area is 117 Å². The zero-order valence-corrected chi connectivity index (χ0v) is 12.0. The first-order valence-electron chi connectivity index (χ1n) is 6.20. The van der Waals surface area contributed by atoms with E-state index in [1.54, 1.807) is 19.9 Å². The van der Waals surface area contributed by atoms with Gasteiger partial charge in [-0.3, -0.25) is 0 Å². The Balaban J connectivity index is 2.38. The number of rotatable bonds is 2. The molecule has 5 nitrogen and oxygen atoms in total. The highest BCUT2D eigenvalue weighted by Crippen LogP contribution is 2.22. The molecule has 1 saturated heterocycles. The summed E-state index contributed by atoms with van der Waals surface area (Å²) < 4.78 is 45.1. The van der Waals surface area contributed by atoms with Crippen LogP contribution in [0.5, 0.6) is 0 Å². The number of ether oxygens (including phenoxy) is 1. The van der Waals surface area contributed by atoms with Crippen molar-refractivity contribution in [1.82, 2.24) is 4.31 Å². The van der Waals surface area contributed by atoms with E-state index in [-0.39, 0.29) is 35.8 Å². The Morgan fingerprint density at radius 1 is 1.35 bits per heavy atom. The molecule has 1 aromatic rings. The van der Waals surface area contributed by atoms with Gasteiger partial charge in [0.15, 0.2) is 0 Å². The lowest BCUT2D eigenvalue weighted by atomic mass is 10.2. The molecule has 2 atom stereocenters. The van der Waals surface area contributed by atoms with Crippen molar-refractivity contribution >= 4 is 10.0 Å². The highest BCUT2D eigenvalue weighted by Gasteiger charge is 2.32. The SMILES string of the molecule is C[C@@H]1CN(S(=O)(=O)c2ccc(F)c(C#N)c2)C[C@H](C)O1. The molecule has 1 aromatic carbocycles. The lowest BCUT2D eigenvalue weighted by Crippen LogP contribution is -2.48. The molecule has 1 heterocycles. The van der Waals surface area contributed by atoms with Gasteiger partial charge in [-0.15, -0.1) is 0 Å². The molecule has 0 unspecified atom stereocenters. The van der Waals surface area contributed by atoms with Crippen LogP contribution in [0.3, 0.4) is 0 Å². The molecule has 0 aliphatic carbocycles. The summed E-state index contributed by atoms with van der Waals surface area (Å²) in [6.45, 7) is 4.07. The van der Waals surface area contributed by atoms with Crippen LogP contribution in [-0.4, -0.2) is 38.0 Å². The molecule has 7 heteroatoms. The second kappa shape index (κ2) is 5.48. The molecule has 20 heavy (non-hydrogen) atoms. The first-order valence-corrected chi connectivity index (χ1v) is 7.64. The molecule has 2 rings (SSSR count). The van der Waals surface area contributed by atoms with Crippen molar-refractivity contribution in [3.63, 3.8) is 0 Å². The fourth-order valence-corrected chi connectivity index (χ4v) is 3.84. The number of sulfonamides is 1. The topological polar surface area (TPSA) is 70.4 Å². The first kappa shape index (κ1) is 14.9. The zero-order chi connectivity index (χ0) is 14.9. The predicted octanol–water partition coefficient (Wildman–Crippen LogP) is 1.50. The molecule has 0 amide bonds. The Morgan fingerprint density at radius 2 is 1.95 bits per heavy atom. The lowest BCUT2D eigenvalue weighted by molar-refractivity contribution is -0.0440. The maximum absolute atomic E-state index is 13.3. The molecular formula is C13H15FN2O3S. The van der Waals surface area contributed by atoms with Crippen LogP contribution in [0.15, 0.2) is 23.1 Å². The van der Waals surface area contributed by atoms with Crippen LogP contribution in [-0.2, 0) is 14.8 Å². The molecule has 1 fully saturated rings. The van der Waals surface area contributed by atoms with Crippen LogP contribution < -0.4 is 0 Å². The molecule has 0 N–H and O–H groups in total. The summed E-state index contributed by atoms with van der Waals surface area (Å²) in [6, 6.07) is 4.89. The number of hydrogen-bond acceptors (Lipinski definition) is 4. The number of nitrogens with zero attached hydrogens (tertiary/aromatic N) is 2. The van der Waals surface area contributed by atoms with E-state index in [9.17, 15) is 12.8 Å². The molecule has 0 spiro atoms. The van der Waals surface area contributed by atoms with E-state index >= 15 is 0 Å². The van der Waals surface area contributed by atoms with E-state index in [1.165, 1.54) is 10.4 Å². The van der Waals surface area contributed by atoms with Gasteiger partial charge in [0, 0.05) is 13.1 Å². The summed E-state index contributed by atoms with van der Waals surface area (Å²) in [7, 11) is -3.74. The summed E-state index contributed by atoms with van der Waals surface area (Å²) in [5.41, 5.74) is -0.277. The molecule has 0 saturated carbocycles. The van der Waals surface area contributed by atoms with E-state index in [0.717, 1.165) is 12.1 Å². The van der Waals surface area contributed by atoms with Crippen molar-refractivity contribution in [2.75, 3.05) is 13.1 Å². The summed E-state index contributed by atoms with van der Waals surface area (Å²) >= 11 is 0. The second-order valence-corrected chi connectivity index (χ2v) is 6.77. The summed E-state index contributed by atoms with van der Waals surface area (Å²) in [6.07, 6.45) is -0.408. The number of halogens is 1. The fraction of sp³-hybridized carbons (Fsp3) is 0.462. The van der Waals surface area contributed by atoms with Crippen LogP contribution in [0.1, 0.15) is 19.4 Å². The van der Waals surface area contributed by atoms with Crippen molar-refractivity contribution < 1.29 is 17.5 Å². The average Bonchev–Trinajstić information content (AvgIpc) is 2.37. The third-order valence-corrected chi connectivity index (χ3v) is 4.91. The van der Waals surface area contributed by atoms with E-state index < -0.39 is 15.8 Å². The highest BCUT2D eigenvalue weighted by atomic mass is 32.2. The molecule has 0 radical (unpaired) electrons. The quantitative estimate of drug-likeness (QED) is 0.829. The third-order valence-electron chi connectivity index (χ3n) is 3.08. The first-order chi connectivity index (χ1) is 9.34. The van der Waals surface area contributed by atoms with Crippen molar-refractivity contribution in [3.05, 3.63) is 29.6 Å². The Bertz CT molecular complexity index is 644. The molecule has 108 valence electrons. The Kier molecular flexibility index (Phi) is 4.09. The largest absolute Gasteiger partial charge is 0.373 e. The predicted molar refractivity (Wildman–Crippen MR) is 69.9 cm³/mol. The minimum atomic E-state index is -3.74. The zero-order valence-electron chi connectivity index (χ0n) is 11.2. The van der Waals surface area contributed by atoms with Crippen LogP contribution in [0.2, 0.25) is 0 Å². The molecule has 1 aliphatic heterocycles. The van der Waals surface area contributed by atoms with Gasteiger partial charge in [0.2, 0.25) is 10.0 Å². The number of hydrogen-bond donors (Lipinski definition) is 0. The van der Waals surface area contributed by atoms with E-state index in [2.05, 4.69) is 0 Å². The van der Waals surface area contributed by atoms with Crippen LogP contribution >= 0.6 is 0 Å². The maximum atomic E-state index is 13.3. The van der Waals surface area contributed by atoms with Gasteiger partial charge >= 0.3 is 0 Å². The van der Waals surface area contributed by atoms with Gasteiger partial charge in [-0.2, -0.15) is 9.57 Å². The van der Waals surface area contributed by atoms with E-state index in [0.29, 0.717) is 0 Å². The van der Waals surface area contributed by atoms with Crippen LogP contribution in [0.25, 0.3) is 0 Å². The van der Waals surface area contributed by atoms with Gasteiger partial charge in [0.05, 0.1) is 22.7 Å². The smallest absolute Gasteiger partial charge is 0.243 e. The Hall–Kier alpha value is -1.49. The van der Waals surface area contributed by atoms with Gasteiger partial charge in [-0.25, -0.2) is 12.8 Å². The highest BCUT2D eigenvalue weighted by molar-refractivity contribution is 7.89.